The van der Waals surface area contributed by atoms with E-state index in [2.05, 4.69) is 24.1 Å². The molecular formula is C14H24N2O. The van der Waals surface area contributed by atoms with Gasteiger partial charge in [-0.05, 0) is 37.9 Å². The lowest BCUT2D eigenvalue weighted by molar-refractivity contribution is 0.401. The minimum atomic E-state index is 0.594. The number of aromatic nitrogens is 1. The molecule has 1 unspecified atom stereocenters. The summed E-state index contributed by atoms with van der Waals surface area (Å²) in [5.74, 6) is 0.902. The van der Waals surface area contributed by atoms with Gasteiger partial charge in [0.2, 0.25) is 0 Å². The lowest BCUT2D eigenvalue weighted by Gasteiger charge is -2.17. The highest BCUT2D eigenvalue weighted by atomic mass is 16.5. The fraction of sp³-hybridized carbons (Fsp3) is 0.643. The molecule has 0 saturated heterocycles. The highest BCUT2D eigenvalue weighted by Crippen LogP contribution is 2.17. The van der Waals surface area contributed by atoms with Crippen LogP contribution < -0.4 is 10.1 Å². The van der Waals surface area contributed by atoms with Gasteiger partial charge in [-0.1, -0.05) is 20.3 Å². The molecule has 1 aromatic heterocycles. The van der Waals surface area contributed by atoms with Crippen molar-refractivity contribution in [3.05, 3.63) is 24.0 Å². The van der Waals surface area contributed by atoms with Crippen LogP contribution in [0.15, 0.2) is 18.3 Å². The molecule has 3 heteroatoms. The van der Waals surface area contributed by atoms with Gasteiger partial charge in [0.1, 0.15) is 5.75 Å². The number of hydrogen-bond acceptors (Lipinski definition) is 3. The third-order valence-electron chi connectivity index (χ3n) is 2.93. The van der Waals surface area contributed by atoms with Crippen LogP contribution in [-0.2, 0) is 6.42 Å². The third-order valence-corrected chi connectivity index (χ3v) is 2.93. The van der Waals surface area contributed by atoms with Crippen LogP contribution in [0.2, 0.25) is 0 Å². The second-order valence-electron chi connectivity index (χ2n) is 4.23. The molecule has 0 amide bonds. The quantitative estimate of drug-likeness (QED) is 0.753. The van der Waals surface area contributed by atoms with Crippen LogP contribution in [-0.4, -0.2) is 24.7 Å². The van der Waals surface area contributed by atoms with E-state index < -0.39 is 0 Å². The Morgan fingerprint density at radius 3 is 2.82 bits per heavy atom. The molecular weight excluding hydrogens is 212 g/mol. The van der Waals surface area contributed by atoms with E-state index in [0.717, 1.165) is 30.8 Å². The number of ether oxygens (including phenoxy) is 1. The van der Waals surface area contributed by atoms with Crippen LogP contribution in [0.1, 0.15) is 38.8 Å². The molecule has 0 aliphatic rings. The van der Waals surface area contributed by atoms with E-state index in [1.165, 1.54) is 12.8 Å². The van der Waals surface area contributed by atoms with Crippen LogP contribution in [0.3, 0.4) is 0 Å². The van der Waals surface area contributed by atoms with Crippen LogP contribution in [0.5, 0.6) is 5.75 Å². The van der Waals surface area contributed by atoms with Gasteiger partial charge < -0.3 is 10.1 Å². The minimum Gasteiger partial charge on any atom is -0.495 e. The maximum Gasteiger partial charge on any atom is 0.140 e. The zero-order chi connectivity index (χ0) is 12.5. The van der Waals surface area contributed by atoms with Gasteiger partial charge in [0, 0.05) is 12.2 Å². The molecule has 0 aliphatic carbocycles. The Bertz CT molecular complexity index is 309. The van der Waals surface area contributed by atoms with E-state index in [-0.39, 0.29) is 0 Å². The standard InChI is InChI=1S/C14H24N2O/c1-4-7-12(15-5-2)9-10-13-14(17-3)8-6-11-16-13/h6,8,11-12,15H,4-5,7,9-10H2,1-3H3. The summed E-state index contributed by atoms with van der Waals surface area (Å²) in [5.41, 5.74) is 1.06. The molecule has 1 N–H and O–H groups in total. The first-order chi connectivity index (χ1) is 8.31. The highest BCUT2D eigenvalue weighted by Gasteiger charge is 2.09. The maximum atomic E-state index is 5.31. The van der Waals surface area contributed by atoms with Gasteiger partial charge in [-0.15, -0.1) is 0 Å². The van der Waals surface area contributed by atoms with E-state index in [4.69, 9.17) is 4.74 Å². The molecule has 1 atom stereocenters. The van der Waals surface area contributed by atoms with E-state index in [9.17, 15) is 0 Å². The van der Waals surface area contributed by atoms with Gasteiger partial charge in [-0.3, -0.25) is 4.98 Å². The lowest BCUT2D eigenvalue weighted by atomic mass is 10.0. The summed E-state index contributed by atoms with van der Waals surface area (Å²) in [6, 6.07) is 4.48. The normalized spacial score (nSPS) is 12.4. The first-order valence-corrected chi connectivity index (χ1v) is 6.53. The summed E-state index contributed by atoms with van der Waals surface area (Å²) in [6.07, 6.45) is 6.37. The summed E-state index contributed by atoms with van der Waals surface area (Å²) in [7, 11) is 1.70. The summed E-state index contributed by atoms with van der Waals surface area (Å²) < 4.78 is 5.31. The fourth-order valence-electron chi connectivity index (χ4n) is 2.09. The Labute approximate surface area is 105 Å². The van der Waals surface area contributed by atoms with E-state index >= 15 is 0 Å². The molecule has 0 bridgehead atoms. The summed E-state index contributed by atoms with van der Waals surface area (Å²) in [4.78, 5) is 4.39. The molecule has 0 aromatic carbocycles. The Hall–Kier alpha value is -1.09. The minimum absolute atomic E-state index is 0.594. The summed E-state index contributed by atoms with van der Waals surface area (Å²) in [5, 5.41) is 3.52. The van der Waals surface area contributed by atoms with Gasteiger partial charge in [0.25, 0.3) is 0 Å². The number of methoxy groups -OCH3 is 1. The molecule has 0 radical (unpaired) electrons. The van der Waals surface area contributed by atoms with Crippen molar-refractivity contribution in [3.8, 4) is 5.75 Å². The van der Waals surface area contributed by atoms with Crippen molar-refractivity contribution in [1.29, 1.82) is 0 Å². The predicted molar refractivity (Wildman–Crippen MR) is 71.5 cm³/mol. The average Bonchev–Trinajstić information content (AvgIpc) is 2.37. The summed E-state index contributed by atoms with van der Waals surface area (Å²) >= 11 is 0. The lowest BCUT2D eigenvalue weighted by Crippen LogP contribution is -2.29. The summed E-state index contributed by atoms with van der Waals surface area (Å²) in [6.45, 7) is 5.42. The van der Waals surface area contributed by atoms with Crippen LogP contribution in [0, 0.1) is 0 Å². The van der Waals surface area contributed by atoms with Crippen molar-refractivity contribution >= 4 is 0 Å². The van der Waals surface area contributed by atoms with Crippen molar-refractivity contribution in [2.24, 2.45) is 0 Å². The number of nitrogens with one attached hydrogen (secondary N) is 1. The number of nitrogens with zero attached hydrogens (tertiary/aromatic N) is 1. The Kier molecular flexibility index (Phi) is 6.63. The van der Waals surface area contributed by atoms with Crippen molar-refractivity contribution in [3.63, 3.8) is 0 Å². The molecule has 1 rings (SSSR count). The molecule has 1 heterocycles. The predicted octanol–water partition coefficient (Wildman–Crippen LogP) is 2.80. The highest BCUT2D eigenvalue weighted by molar-refractivity contribution is 5.26. The van der Waals surface area contributed by atoms with Gasteiger partial charge in [0.05, 0.1) is 12.8 Å². The molecule has 0 aliphatic heterocycles. The second kappa shape index (κ2) is 8.07. The van der Waals surface area contributed by atoms with Crippen LogP contribution >= 0.6 is 0 Å². The van der Waals surface area contributed by atoms with Crippen molar-refractivity contribution in [2.75, 3.05) is 13.7 Å². The van der Waals surface area contributed by atoms with Gasteiger partial charge in [-0.25, -0.2) is 0 Å². The average molecular weight is 236 g/mol. The molecule has 0 saturated carbocycles. The third kappa shape index (κ3) is 4.73. The van der Waals surface area contributed by atoms with Crippen LogP contribution in [0.25, 0.3) is 0 Å². The number of pyridine rings is 1. The van der Waals surface area contributed by atoms with E-state index in [1.807, 2.05) is 18.3 Å². The van der Waals surface area contributed by atoms with Gasteiger partial charge >= 0.3 is 0 Å². The molecule has 17 heavy (non-hydrogen) atoms. The van der Waals surface area contributed by atoms with Gasteiger partial charge in [-0.2, -0.15) is 0 Å². The number of rotatable bonds is 8. The number of hydrogen-bond donors (Lipinski definition) is 1. The smallest absolute Gasteiger partial charge is 0.140 e. The number of aryl methyl sites for hydroxylation is 1. The van der Waals surface area contributed by atoms with Crippen molar-refractivity contribution in [2.45, 2.75) is 45.6 Å². The Balaban J connectivity index is 2.52. The fourth-order valence-corrected chi connectivity index (χ4v) is 2.09. The first-order valence-electron chi connectivity index (χ1n) is 6.53. The van der Waals surface area contributed by atoms with Crippen molar-refractivity contribution in [1.82, 2.24) is 10.3 Å². The Morgan fingerprint density at radius 2 is 2.18 bits per heavy atom. The monoisotopic (exact) mass is 236 g/mol. The van der Waals surface area contributed by atoms with Crippen molar-refractivity contribution < 1.29 is 4.74 Å². The largest absolute Gasteiger partial charge is 0.495 e. The molecule has 3 nitrogen and oxygen atoms in total. The maximum absolute atomic E-state index is 5.31. The van der Waals surface area contributed by atoms with E-state index in [1.54, 1.807) is 7.11 Å². The first kappa shape index (κ1) is 14.0. The molecule has 0 fully saturated rings. The molecule has 1 aromatic rings. The Morgan fingerprint density at radius 1 is 1.35 bits per heavy atom. The molecule has 0 spiro atoms. The van der Waals surface area contributed by atoms with E-state index in [0.29, 0.717) is 6.04 Å². The zero-order valence-electron chi connectivity index (χ0n) is 11.2. The topological polar surface area (TPSA) is 34.1 Å². The van der Waals surface area contributed by atoms with Crippen LogP contribution in [0.4, 0.5) is 0 Å². The second-order valence-corrected chi connectivity index (χ2v) is 4.23. The van der Waals surface area contributed by atoms with Gasteiger partial charge in [0.15, 0.2) is 0 Å². The SMILES string of the molecule is CCCC(CCc1ncccc1OC)NCC. The zero-order valence-corrected chi connectivity index (χ0v) is 11.2. The molecule has 96 valence electrons.